The summed E-state index contributed by atoms with van der Waals surface area (Å²) in [5.74, 6) is -0.311. The zero-order chi connectivity index (χ0) is 13.4. The standard InChI is InChI=1S/C14H15BrN2O/c1-2-3-8-17-14(18)12(10-16)9-11-4-6-13(15)7-5-11/h4-7,9H,2-3,8H2,1H3,(H,17,18)/b12-9-. The lowest BCUT2D eigenvalue weighted by atomic mass is 10.1. The number of benzene rings is 1. The van der Waals surface area contributed by atoms with Gasteiger partial charge in [-0.2, -0.15) is 5.26 Å². The molecule has 94 valence electrons. The number of halogens is 1. The lowest BCUT2D eigenvalue weighted by molar-refractivity contribution is -0.117. The fourth-order valence-electron chi connectivity index (χ4n) is 1.35. The first-order chi connectivity index (χ1) is 8.67. The van der Waals surface area contributed by atoms with Gasteiger partial charge in [-0.05, 0) is 30.2 Å². The van der Waals surface area contributed by atoms with Crippen LogP contribution in [0.3, 0.4) is 0 Å². The minimum atomic E-state index is -0.311. The Morgan fingerprint density at radius 2 is 2.11 bits per heavy atom. The molecule has 0 aliphatic rings. The largest absolute Gasteiger partial charge is 0.351 e. The smallest absolute Gasteiger partial charge is 0.261 e. The zero-order valence-corrected chi connectivity index (χ0v) is 11.8. The van der Waals surface area contributed by atoms with E-state index in [0.717, 1.165) is 22.9 Å². The minimum absolute atomic E-state index is 0.133. The van der Waals surface area contributed by atoms with E-state index in [4.69, 9.17) is 5.26 Å². The molecule has 0 saturated carbocycles. The monoisotopic (exact) mass is 306 g/mol. The van der Waals surface area contributed by atoms with Gasteiger partial charge < -0.3 is 5.32 Å². The van der Waals surface area contributed by atoms with Gasteiger partial charge in [0.05, 0.1) is 0 Å². The molecule has 1 aromatic carbocycles. The maximum absolute atomic E-state index is 11.7. The molecule has 0 bridgehead atoms. The van der Waals surface area contributed by atoms with E-state index in [1.54, 1.807) is 6.08 Å². The highest BCUT2D eigenvalue weighted by Crippen LogP contribution is 2.13. The van der Waals surface area contributed by atoms with Crippen molar-refractivity contribution in [1.29, 1.82) is 5.26 Å². The van der Waals surface area contributed by atoms with E-state index in [0.29, 0.717) is 6.54 Å². The van der Waals surface area contributed by atoms with Crippen molar-refractivity contribution in [2.75, 3.05) is 6.54 Å². The van der Waals surface area contributed by atoms with Crippen LogP contribution < -0.4 is 5.32 Å². The van der Waals surface area contributed by atoms with Crippen LogP contribution in [0.25, 0.3) is 6.08 Å². The van der Waals surface area contributed by atoms with E-state index in [2.05, 4.69) is 28.2 Å². The predicted octanol–water partition coefficient (Wildman–Crippen LogP) is 3.27. The van der Waals surface area contributed by atoms with Crippen molar-refractivity contribution in [2.24, 2.45) is 0 Å². The maximum Gasteiger partial charge on any atom is 0.261 e. The lowest BCUT2D eigenvalue weighted by Crippen LogP contribution is -2.25. The van der Waals surface area contributed by atoms with Gasteiger partial charge in [0.2, 0.25) is 0 Å². The van der Waals surface area contributed by atoms with E-state index >= 15 is 0 Å². The maximum atomic E-state index is 11.7. The lowest BCUT2D eigenvalue weighted by Gasteiger charge is -2.02. The van der Waals surface area contributed by atoms with Crippen LogP contribution in [0.4, 0.5) is 0 Å². The highest BCUT2D eigenvalue weighted by Gasteiger charge is 2.07. The molecular weight excluding hydrogens is 292 g/mol. The zero-order valence-electron chi connectivity index (χ0n) is 10.2. The molecule has 1 N–H and O–H groups in total. The Hall–Kier alpha value is -1.60. The fraction of sp³-hybridized carbons (Fsp3) is 0.286. The summed E-state index contributed by atoms with van der Waals surface area (Å²) in [5.41, 5.74) is 0.966. The molecule has 0 fully saturated rings. The summed E-state index contributed by atoms with van der Waals surface area (Å²) in [4.78, 5) is 11.7. The number of carbonyl (C=O) groups is 1. The molecular formula is C14H15BrN2O. The average molecular weight is 307 g/mol. The second-order valence-corrected chi connectivity index (χ2v) is 4.75. The molecule has 0 aliphatic heterocycles. The number of rotatable bonds is 5. The number of nitriles is 1. The molecule has 1 rings (SSSR count). The Morgan fingerprint density at radius 1 is 1.44 bits per heavy atom. The number of hydrogen-bond donors (Lipinski definition) is 1. The number of unbranched alkanes of at least 4 members (excludes halogenated alkanes) is 1. The molecule has 1 aromatic rings. The summed E-state index contributed by atoms with van der Waals surface area (Å²) in [6, 6.07) is 9.37. The van der Waals surface area contributed by atoms with E-state index in [-0.39, 0.29) is 11.5 Å². The van der Waals surface area contributed by atoms with Crippen LogP contribution in [0.5, 0.6) is 0 Å². The Morgan fingerprint density at radius 3 is 2.67 bits per heavy atom. The van der Waals surface area contributed by atoms with E-state index in [1.807, 2.05) is 30.3 Å². The van der Waals surface area contributed by atoms with Crippen molar-refractivity contribution in [3.05, 3.63) is 39.9 Å². The molecule has 3 nitrogen and oxygen atoms in total. The highest BCUT2D eigenvalue weighted by atomic mass is 79.9. The van der Waals surface area contributed by atoms with E-state index < -0.39 is 0 Å². The molecule has 4 heteroatoms. The third kappa shape index (κ3) is 4.72. The van der Waals surface area contributed by atoms with Gasteiger partial charge >= 0.3 is 0 Å². The molecule has 0 atom stereocenters. The Labute approximate surface area is 116 Å². The van der Waals surface area contributed by atoms with Gasteiger partial charge in [-0.25, -0.2) is 0 Å². The second kappa shape index (κ2) is 7.67. The SMILES string of the molecule is CCCCNC(=O)/C(C#N)=C\c1ccc(Br)cc1. The third-order valence-electron chi connectivity index (χ3n) is 2.36. The minimum Gasteiger partial charge on any atom is -0.351 e. The molecule has 1 amide bonds. The van der Waals surface area contributed by atoms with Gasteiger partial charge in [-0.15, -0.1) is 0 Å². The summed E-state index contributed by atoms with van der Waals surface area (Å²) >= 11 is 3.33. The first-order valence-corrected chi connectivity index (χ1v) is 6.62. The number of carbonyl (C=O) groups excluding carboxylic acids is 1. The van der Waals surface area contributed by atoms with Gasteiger partial charge in [-0.1, -0.05) is 41.4 Å². The van der Waals surface area contributed by atoms with Crippen LogP contribution in [-0.2, 0) is 4.79 Å². The number of amides is 1. The number of hydrogen-bond acceptors (Lipinski definition) is 2. The van der Waals surface area contributed by atoms with Crippen LogP contribution in [0.15, 0.2) is 34.3 Å². The Balaban J connectivity index is 2.74. The van der Waals surface area contributed by atoms with Crippen molar-refractivity contribution in [3.8, 4) is 6.07 Å². The molecule has 0 heterocycles. The van der Waals surface area contributed by atoms with E-state index in [9.17, 15) is 4.79 Å². The fourth-order valence-corrected chi connectivity index (χ4v) is 1.61. The first-order valence-electron chi connectivity index (χ1n) is 5.83. The summed E-state index contributed by atoms with van der Waals surface area (Å²) in [6.07, 6.45) is 3.52. The van der Waals surface area contributed by atoms with Crippen LogP contribution in [0.1, 0.15) is 25.3 Å². The summed E-state index contributed by atoms with van der Waals surface area (Å²) < 4.78 is 0.963. The van der Waals surface area contributed by atoms with Crippen LogP contribution in [0, 0.1) is 11.3 Å². The molecule has 0 radical (unpaired) electrons. The molecule has 0 unspecified atom stereocenters. The number of nitrogens with zero attached hydrogens (tertiary/aromatic N) is 1. The normalized spacial score (nSPS) is 10.8. The quantitative estimate of drug-likeness (QED) is 0.515. The summed E-state index contributed by atoms with van der Waals surface area (Å²) in [7, 11) is 0. The van der Waals surface area contributed by atoms with Crippen molar-refractivity contribution in [2.45, 2.75) is 19.8 Å². The number of nitrogens with one attached hydrogen (secondary N) is 1. The van der Waals surface area contributed by atoms with Crippen LogP contribution in [0.2, 0.25) is 0 Å². The predicted molar refractivity (Wildman–Crippen MR) is 75.6 cm³/mol. The topological polar surface area (TPSA) is 52.9 Å². The van der Waals surface area contributed by atoms with Crippen molar-refractivity contribution >= 4 is 27.9 Å². The highest BCUT2D eigenvalue weighted by molar-refractivity contribution is 9.10. The Kier molecular flexibility index (Phi) is 6.16. The molecule has 18 heavy (non-hydrogen) atoms. The van der Waals surface area contributed by atoms with Crippen molar-refractivity contribution in [1.82, 2.24) is 5.32 Å². The third-order valence-corrected chi connectivity index (χ3v) is 2.89. The van der Waals surface area contributed by atoms with Crippen LogP contribution >= 0.6 is 15.9 Å². The van der Waals surface area contributed by atoms with Crippen LogP contribution in [-0.4, -0.2) is 12.5 Å². The molecule has 0 spiro atoms. The molecule has 0 aromatic heterocycles. The van der Waals surface area contributed by atoms with Gasteiger partial charge in [0.1, 0.15) is 11.6 Å². The first kappa shape index (κ1) is 14.5. The van der Waals surface area contributed by atoms with Crippen molar-refractivity contribution in [3.63, 3.8) is 0 Å². The summed E-state index contributed by atoms with van der Waals surface area (Å²) in [5, 5.41) is 11.7. The van der Waals surface area contributed by atoms with Gasteiger partial charge in [0.15, 0.2) is 0 Å². The Bertz CT molecular complexity index is 472. The molecule has 0 aliphatic carbocycles. The molecule has 0 saturated heterocycles. The van der Waals surface area contributed by atoms with Gasteiger partial charge in [0.25, 0.3) is 5.91 Å². The average Bonchev–Trinajstić information content (AvgIpc) is 2.38. The summed E-state index contributed by atoms with van der Waals surface area (Å²) in [6.45, 7) is 2.66. The van der Waals surface area contributed by atoms with E-state index in [1.165, 1.54) is 0 Å². The van der Waals surface area contributed by atoms with Gasteiger partial charge in [0, 0.05) is 11.0 Å². The van der Waals surface area contributed by atoms with Crippen molar-refractivity contribution < 1.29 is 4.79 Å². The van der Waals surface area contributed by atoms with Gasteiger partial charge in [-0.3, -0.25) is 4.79 Å². The second-order valence-electron chi connectivity index (χ2n) is 3.83.